The zero-order chi connectivity index (χ0) is 11.9. The molecule has 2 rings (SSSR count). The Morgan fingerprint density at radius 1 is 1.00 bits per heavy atom. The number of hydrogen-bond donors (Lipinski definition) is 0. The van der Waals surface area contributed by atoms with E-state index in [1.54, 1.807) is 0 Å². The van der Waals surface area contributed by atoms with Crippen molar-refractivity contribution in [2.75, 3.05) is 13.1 Å². The molecule has 1 aliphatic heterocycles. The fraction of sp³-hybridized carbons (Fsp3) is 0.750. The maximum absolute atomic E-state index is 3.85. The van der Waals surface area contributed by atoms with Gasteiger partial charge in [-0.3, -0.25) is 0 Å². The molecule has 0 spiro atoms. The zero-order valence-corrected chi connectivity index (χ0v) is 11.1. The Labute approximate surface area is 107 Å². The third-order valence-corrected chi connectivity index (χ3v) is 4.35. The first kappa shape index (κ1) is 12.7. The largest absolute Gasteiger partial charge is 0.378 e. The van der Waals surface area contributed by atoms with Crippen molar-refractivity contribution < 1.29 is 0 Å². The lowest BCUT2D eigenvalue weighted by Gasteiger charge is -2.28. The van der Waals surface area contributed by atoms with E-state index in [0.717, 1.165) is 11.8 Å². The summed E-state index contributed by atoms with van der Waals surface area (Å²) >= 11 is 0. The molecule has 1 heteroatoms. The van der Waals surface area contributed by atoms with Gasteiger partial charge in [-0.15, -0.1) is 6.58 Å². The highest BCUT2D eigenvalue weighted by Gasteiger charge is 2.18. The second-order valence-corrected chi connectivity index (χ2v) is 5.74. The van der Waals surface area contributed by atoms with Crippen molar-refractivity contribution in [1.82, 2.24) is 4.90 Å². The molecule has 1 saturated heterocycles. The molecule has 0 atom stereocenters. The van der Waals surface area contributed by atoms with Crippen LogP contribution in [-0.4, -0.2) is 18.0 Å². The van der Waals surface area contributed by atoms with Gasteiger partial charge in [0.05, 0.1) is 0 Å². The summed E-state index contributed by atoms with van der Waals surface area (Å²) < 4.78 is 0. The van der Waals surface area contributed by atoms with Crippen LogP contribution in [0, 0.1) is 11.8 Å². The van der Waals surface area contributed by atoms with Gasteiger partial charge in [-0.25, -0.2) is 0 Å². The number of likely N-dealkylation sites (tertiary alicyclic amines) is 1. The summed E-state index contributed by atoms with van der Waals surface area (Å²) in [6.45, 7) is 6.41. The van der Waals surface area contributed by atoms with Gasteiger partial charge in [0.2, 0.25) is 0 Å². The summed E-state index contributed by atoms with van der Waals surface area (Å²) in [4.78, 5) is 2.51. The van der Waals surface area contributed by atoms with E-state index in [1.165, 1.54) is 64.5 Å². The van der Waals surface area contributed by atoms with Crippen LogP contribution in [0.15, 0.2) is 24.9 Å². The second kappa shape index (κ2) is 6.88. The molecule has 96 valence electrons. The van der Waals surface area contributed by atoms with E-state index in [4.69, 9.17) is 0 Å². The predicted molar refractivity (Wildman–Crippen MR) is 74.8 cm³/mol. The average molecular weight is 233 g/mol. The minimum Gasteiger partial charge on any atom is -0.378 e. The molecule has 1 aliphatic carbocycles. The minimum absolute atomic E-state index is 0.845. The first-order valence-corrected chi connectivity index (χ1v) is 7.42. The van der Waals surface area contributed by atoms with E-state index in [-0.39, 0.29) is 0 Å². The maximum Gasteiger partial charge on any atom is 0.0172 e. The van der Waals surface area contributed by atoms with Crippen LogP contribution in [0.25, 0.3) is 0 Å². The van der Waals surface area contributed by atoms with Crippen molar-refractivity contribution in [1.29, 1.82) is 0 Å². The van der Waals surface area contributed by atoms with Crippen LogP contribution in [0.3, 0.4) is 0 Å². The molecule has 0 aromatic heterocycles. The van der Waals surface area contributed by atoms with Gasteiger partial charge in [0.25, 0.3) is 0 Å². The van der Waals surface area contributed by atoms with E-state index >= 15 is 0 Å². The van der Waals surface area contributed by atoms with Gasteiger partial charge in [0.1, 0.15) is 0 Å². The van der Waals surface area contributed by atoms with Crippen molar-refractivity contribution in [3.8, 4) is 0 Å². The molecule has 0 N–H and O–H groups in total. The van der Waals surface area contributed by atoms with Crippen molar-refractivity contribution in [2.45, 2.75) is 51.4 Å². The molecule has 2 fully saturated rings. The lowest BCUT2D eigenvalue weighted by atomic mass is 9.80. The molecule has 1 saturated carbocycles. The van der Waals surface area contributed by atoms with E-state index in [1.807, 2.05) is 0 Å². The summed E-state index contributed by atoms with van der Waals surface area (Å²) in [7, 11) is 0. The molecular formula is C16H27N. The maximum atomic E-state index is 3.85. The topological polar surface area (TPSA) is 3.24 Å². The summed E-state index contributed by atoms with van der Waals surface area (Å²) in [6.07, 6.45) is 18.0. The van der Waals surface area contributed by atoms with E-state index in [0.29, 0.717) is 0 Å². The van der Waals surface area contributed by atoms with Gasteiger partial charge in [-0.2, -0.15) is 0 Å². The first-order valence-electron chi connectivity index (χ1n) is 7.42. The third kappa shape index (κ3) is 4.22. The van der Waals surface area contributed by atoms with Crippen LogP contribution in [0.1, 0.15) is 51.4 Å². The molecule has 0 radical (unpaired) electrons. The molecule has 0 aromatic carbocycles. The quantitative estimate of drug-likeness (QED) is 0.652. The van der Waals surface area contributed by atoms with Gasteiger partial charge in [0, 0.05) is 13.1 Å². The molecule has 0 aromatic rings. The molecule has 1 nitrogen and oxygen atoms in total. The van der Waals surface area contributed by atoms with Gasteiger partial charge in [-0.05, 0) is 69.4 Å². The molecule has 0 bridgehead atoms. The van der Waals surface area contributed by atoms with Crippen molar-refractivity contribution in [2.24, 2.45) is 11.8 Å². The Hall–Kier alpha value is -0.720. The summed E-state index contributed by atoms with van der Waals surface area (Å²) in [6, 6.07) is 0. The minimum atomic E-state index is 0.845. The highest BCUT2D eigenvalue weighted by molar-refractivity contribution is 4.92. The van der Waals surface area contributed by atoms with Gasteiger partial charge in [0.15, 0.2) is 0 Å². The Bertz CT molecular complexity index is 242. The Balaban J connectivity index is 1.69. The lowest BCUT2D eigenvalue weighted by Crippen LogP contribution is -2.24. The molecule has 0 unspecified atom stereocenters. The van der Waals surface area contributed by atoms with Crippen LogP contribution < -0.4 is 0 Å². The van der Waals surface area contributed by atoms with Crippen LogP contribution in [0.4, 0.5) is 0 Å². The smallest absolute Gasteiger partial charge is 0.0172 e. The van der Waals surface area contributed by atoms with Crippen LogP contribution in [0.2, 0.25) is 0 Å². The average Bonchev–Trinajstić information content (AvgIpc) is 2.40. The van der Waals surface area contributed by atoms with Crippen molar-refractivity contribution in [3.63, 3.8) is 0 Å². The van der Waals surface area contributed by atoms with Crippen molar-refractivity contribution in [3.05, 3.63) is 24.9 Å². The highest BCUT2D eigenvalue weighted by Crippen LogP contribution is 2.31. The molecule has 17 heavy (non-hydrogen) atoms. The number of hydrogen-bond acceptors (Lipinski definition) is 1. The molecule has 2 aliphatic rings. The van der Waals surface area contributed by atoms with Crippen LogP contribution in [-0.2, 0) is 0 Å². The van der Waals surface area contributed by atoms with Crippen LogP contribution in [0.5, 0.6) is 0 Å². The van der Waals surface area contributed by atoms with Gasteiger partial charge >= 0.3 is 0 Å². The third-order valence-electron chi connectivity index (χ3n) is 4.35. The number of piperidine rings is 1. The summed E-state index contributed by atoms with van der Waals surface area (Å²) in [5, 5.41) is 0. The first-order chi connectivity index (χ1) is 8.38. The highest BCUT2D eigenvalue weighted by atomic mass is 15.1. The second-order valence-electron chi connectivity index (χ2n) is 5.74. The monoisotopic (exact) mass is 233 g/mol. The lowest BCUT2D eigenvalue weighted by molar-refractivity contribution is 0.293. The van der Waals surface area contributed by atoms with Crippen molar-refractivity contribution >= 4 is 0 Å². The van der Waals surface area contributed by atoms with E-state index < -0.39 is 0 Å². The zero-order valence-electron chi connectivity index (χ0n) is 11.1. The Kier molecular flexibility index (Phi) is 5.15. The van der Waals surface area contributed by atoms with Gasteiger partial charge < -0.3 is 4.90 Å². The normalized spacial score (nSPS) is 30.7. The SMILES string of the molecule is C=CCC1CCC(C=CN2CCCCC2)CC1. The molecule has 1 heterocycles. The fourth-order valence-electron chi connectivity index (χ4n) is 3.16. The van der Waals surface area contributed by atoms with Gasteiger partial charge in [-0.1, -0.05) is 12.2 Å². The molecular weight excluding hydrogens is 206 g/mol. The van der Waals surface area contributed by atoms with E-state index in [2.05, 4.69) is 29.8 Å². The Morgan fingerprint density at radius 2 is 1.71 bits per heavy atom. The standard InChI is InChI=1S/C16H27N/c1-2-6-15-7-9-16(10-8-15)11-14-17-12-4-3-5-13-17/h2,11,14-16H,1,3-10,12-13H2. The predicted octanol–water partition coefficient (Wildman–Crippen LogP) is 4.37. The fourth-order valence-corrected chi connectivity index (χ4v) is 3.16. The molecule has 0 amide bonds. The summed E-state index contributed by atoms with van der Waals surface area (Å²) in [5.74, 6) is 1.77. The number of nitrogens with zero attached hydrogens (tertiary/aromatic N) is 1. The number of allylic oxidation sites excluding steroid dienone is 2. The Morgan fingerprint density at radius 3 is 2.35 bits per heavy atom. The van der Waals surface area contributed by atoms with Crippen LogP contribution >= 0.6 is 0 Å². The summed E-state index contributed by atoms with van der Waals surface area (Å²) in [5.41, 5.74) is 0. The number of rotatable bonds is 4. The van der Waals surface area contributed by atoms with E-state index in [9.17, 15) is 0 Å².